The summed E-state index contributed by atoms with van der Waals surface area (Å²) in [6.07, 6.45) is -2.14. The molecule has 0 aromatic heterocycles. The summed E-state index contributed by atoms with van der Waals surface area (Å²) in [6.45, 7) is 3.26. The number of carbonyl (C=O) groups is 2. The third-order valence-corrected chi connectivity index (χ3v) is 8.53. The molecule has 2 fully saturated rings. The maximum Gasteiger partial charge on any atom is 0.338 e. The van der Waals surface area contributed by atoms with Crippen molar-refractivity contribution in [2.45, 2.75) is 94.6 Å². The molecule has 1 aromatic carbocycles. The molecule has 0 spiro atoms. The maximum atomic E-state index is 13.0. The van der Waals surface area contributed by atoms with Gasteiger partial charge >= 0.3 is 5.97 Å². The smallest absolute Gasteiger partial charge is 0.338 e. The predicted molar refractivity (Wildman–Crippen MR) is 141 cm³/mol. The lowest BCUT2D eigenvalue weighted by molar-refractivity contribution is -0.211. The Balaban J connectivity index is 1.57. The van der Waals surface area contributed by atoms with Gasteiger partial charge in [-0.25, -0.2) is 4.79 Å². The number of benzene rings is 1. The van der Waals surface area contributed by atoms with Crippen LogP contribution >= 0.6 is 11.8 Å². The molecule has 6 N–H and O–H groups in total. The lowest BCUT2D eigenvalue weighted by atomic mass is 9.91. The molecule has 3 rings (SSSR count). The van der Waals surface area contributed by atoms with E-state index >= 15 is 0 Å². The van der Waals surface area contributed by atoms with Crippen LogP contribution in [0.5, 0.6) is 0 Å². The van der Waals surface area contributed by atoms with Gasteiger partial charge in [-0.3, -0.25) is 4.79 Å². The lowest BCUT2D eigenvalue weighted by Crippen LogP contribution is -2.65. The Hall–Kier alpha value is -1.73. The fourth-order valence-corrected chi connectivity index (χ4v) is 6.26. The van der Waals surface area contributed by atoms with Crippen LogP contribution in [0.4, 0.5) is 0 Å². The fourth-order valence-electron chi connectivity index (χ4n) is 5.28. The van der Waals surface area contributed by atoms with Crippen LogP contribution in [0.25, 0.3) is 0 Å². The summed E-state index contributed by atoms with van der Waals surface area (Å²) in [7, 11) is 0. The highest BCUT2D eigenvalue weighted by Crippen LogP contribution is 2.35. The van der Waals surface area contributed by atoms with Crippen molar-refractivity contribution in [3.05, 3.63) is 35.4 Å². The van der Waals surface area contributed by atoms with Gasteiger partial charge < -0.3 is 40.3 Å². The molecule has 38 heavy (non-hydrogen) atoms. The van der Waals surface area contributed by atoms with Crippen LogP contribution in [-0.2, 0) is 20.9 Å². The molecule has 11 heteroatoms. The second-order valence-corrected chi connectivity index (χ2v) is 11.4. The zero-order valence-corrected chi connectivity index (χ0v) is 22.8. The fraction of sp³-hybridized carbons (Fsp3) is 0.704. The average molecular weight is 556 g/mol. The van der Waals surface area contributed by atoms with Gasteiger partial charge in [-0.2, -0.15) is 0 Å². The third kappa shape index (κ3) is 7.68. The number of rotatable bonds is 12. The van der Waals surface area contributed by atoms with Crippen LogP contribution < -0.4 is 5.32 Å². The van der Waals surface area contributed by atoms with Crippen LogP contribution in [0.1, 0.15) is 61.9 Å². The number of hydrogen-bond donors (Lipinski definition) is 6. The largest absolute Gasteiger partial charge is 0.461 e. The highest BCUT2D eigenvalue weighted by molar-refractivity contribution is 7.99. The van der Waals surface area contributed by atoms with Gasteiger partial charge in [0.05, 0.1) is 24.3 Å². The first-order chi connectivity index (χ1) is 18.2. The first-order valence-corrected chi connectivity index (χ1v) is 14.4. The Morgan fingerprint density at radius 1 is 1.16 bits per heavy atom. The summed E-state index contributed by atoms with van der Waals surface area (Å²) in [4.78, 5) is 25.3. The minimum atomic E-state index is -1.57. The number of nitrogens with one attached hydrogen (secondary N) is 1. The highest BCUT2D eigenvalue weighted by Gasteiger charge is 2.48. The van der Waals surface area contributed by atoms with E-state index in [1.807, 2.05) is 0 Å². The second-order valence-electron chi connectivity index (χ2n) is 10.2. The molecule has 0 unspecified atom stereocenters. The standard InChI is InChI=1S/C27H41NO9S/c1-3-6-16-9-10-17(13-16)25(34)28-20(15(2)30)24-22(32)21(31)23(33)27(37-24)38-12-11-36-26(35)19-8-5-4-7-18(19)14-29/h4-5,7-8,15-17,20-24,27,29-33H,3,6,9-14H2,1-2H3,(H,28,34)/t15-,16+,17+,20-,21+,22-,23-,24-,27-/m1/s1. The van der Waals surface area contributed by atoms with E-state index in [0.29, 0.717) is 11.5 Å². The van der Waals surface area contributed by atoms with Gasteiger partial charge in [0, 0.05) is 11.7 Å². The quantitative estimate of drug-likeness (QED) is 0.162. The number of carbonyl (C=O) groups excluding carboxylic acids is 2. The van der Waals surface area contributed by atoms with Gasteiger partial charge in [0.1, 0.15) is 36.5 Å². The SMILES string of the molecule is CCC[C@H]1CC[C@H](C(=O)N[C@@H]([C@H]2O[C@H](SCCOC(=O)c3ccccc3CO)[C@H](O)[C@@H](O)[C@H]2O)[C@@H](C)O)C1. The first-order valence-electron chi connectivity index (χ1n) is 13.3. The van der Waals surface area contributed by atoms with Crippen molar-refractivity contribution in [3.63, 3.8) is 0 Å². The minimum absolute atomic E-state index is 0.0314. The van der Waals surface area contributed by atoms with Crippen molar-refractivity contribution >= 4 is 23.6 Å². The molecule has 1 saturated carbocycles. The van der Waals surface area contributed by atoms with Gasteiger partial charge in [0.2, 0.25) is 5.91 Å². The molecule has 0 bridgehead atoms. The normalized spacial score (nSPS) is 31.0. The van der Waals surface area contributed by atoms with Crippen molar-refractivity contribution in [1.29, 1.82) is 0 Å². The highest BCUT2D eigenvalue weighted by atomic mass is 32.2. The van der Waals surface area contributed by atoms with Gasteiger partial charge in [0.25, 0.3) is 0 Å². The summed E-state index contributed by atoms with van der Waals surface area (Å²) < 4.78 is 11.2. The minimum Gasteiger partial charge on any atom is -0.461 e. The molecule has 1 aliphatic carbocycles. The third-order valence-electron chi connectivity index (χ3n) is 7.40. The molecule has 1 heterocycles. The number of thioether (sulfide) groups is 1. The Morgan fingerprint density at radius 3 is 2.58 bits per heavy atom. The monoisotopic (exact) mass is 555 g/mol. The van der Waals surface area contributed by atoms with E-state index < -0.39 is 48.0 Å². The molecule has 1 amide bonds. The van der Waals surface area contributed by atoms with E-state index in [1.54, 1.807) is 24.3 Å². The van der Waals surface area contributed by atoms with Crippen LogP contribution in [0.15, 0.2) is 24.3 Å². The maximum absolute atomic E-state index is 13.0. The Bertz CT molecular complexity index is 916. The summed E-state index contributed by atoms with van der Waals surface area (Å²) in [5, 5.41) is 54.3. The van der Waals surface area contributed by atoms with Crippen molar-refractivity contribution in [2.75, 3.05) is 12.4 Å². The molecule has 214 valence electrons. The second kappa shape index (κ2) is 14.6. The Labute approximate surface area is 227 Å². The van der Waals surface area contributed by atoms with Crippen LogP contribution in [0, 0.1) is 11.8 Å². The lowest BCUT2D eigenvalue weighted by Gasteiger charge is -2.44. The topological polar surface area (TPSA) is 166 Å². The van der Waals surface area contributed by atoms with Gasteiger partial charge in [-0.05, 0) is 43.7 Å². The predicted octanol–water partition coefficient (Wildman–Crippen LogP) is 0.958. The summed E-state index contributed by atoms with van der Waals surface area (Å²) in [5.41, 5.74) is -0.299. The molecule has 0 radical (unpaired) electrons. The first kappa shape index (κ1) is 30.8. The molecule has 9 atom stereocenters. The van der Waals surface area contributed by atoms with E-state index in [4.69, 9.17) is 9.47 Å². The number of amides is 1. The Morgan fingerprint density at radius 2 is 1.89 bits per heavy atom. The van der Waals surface area contributed by atoms with Gasteiger partial charge in [-0.15, -0.1) is 11.8 Å². The van der Waals surface area contributed by atoms with Crippen LogP contribution in [-0.4, -0.2) is 91.8 Å². The molecule has 2 aliphatic rings. The van der Waals surface area contributed by atoms with E-state index in [2.05, 4.69) is 12.2 Å². The van der Waals surface area contributed by atoms with Crippen LogP contribution in [0.3, 0.4) is 0 Å². The van der Waals surface area contributed by atoms with Crippen molar-refractivity contribution in [2.24, 2.45) is 11.8 Å². The number of aliphatic hydroxyl groups is 5. The van der Waals surface area contributed by atoms with E-state index in [1.165, 1.54) is 6.92 Å². The number of ether oxygens (including phenoxy) is 2. The average Bonchev–Trinajstić information content (AvgIpc) is 3.38. The van der Waals surface area contributed by atoms with Crippen LogP contribution in [0.2, 0.25) is 0 Å². The number of esters is 1. The van der Waals surface area contributed by atoms with E-state index in [-0.39, 0.29) is 36.4 Å². The molecular weight excluding hydrogens is 514 g/mol. The molecule has 1 aliphatic heterocycles. The molecule has 1 saturated heterocycles. The zero-order chi connectivity index (χ0) is 27.8. The van der Waals surface area contributed by atoms with Gasteiger partial charge in [0.15, 0.2) is 0 Å². The van der Waals surface area contributed by atoms with Crippen molar-refractivity contribution in [3.8, 4) is 0 Å². The molecular formula is C27H41NO9S. The Kier molecular flexibility index (Phi) is 11.8. The summed E-state index contributed by atoms with van der Waals surface area (Å²) >= 11 is 1.08. The summed E-state index contributed by atoms with van der Waals surface area (Å²) in [5.74, 6) is -0.290. The van der Waals surface area contributed by atoms with Gasteiger partial charge in [-0.1, -0.05) is 38.0 Å². The molecule has 1 aromatic rings. The van der Waals surface area contributed by atoms with E-state index in [0.717, 1.165) is 43.9 Å². The molecule has 10 nitrogen and oxygen atoms in total. The van der Waals surface area contributed by atoms with Crippen molar-refractivity contribution in [1.82, 2.24) is 5.32 Å². The number of aliphatic hydroxyl groups excluding tert-OH is 5. The summed E-state index contributed by atoms with van der Waals surface area (Å²) in [6, 6.07) is 5.54. The van der Waals surface area contributed by atoms with E-state index in [9.17, 15) is 35.1 Å². The zero-order valence-electron chi connectivity index (χ0n) is 21.9. The van der Waals surface area contributed by atoms with Crippen molar-refractivity contribution < 1.29 is 44.6 Å². The number of hydrogen-bond acceptors (Lipinski definition) is 10.